The van der Waals surface area contributed by atoms with E-state index in [2.05, 4.69) is 11.3 Å². The van der Waals surface area contributed by atoms with Crippen molar-refractivity contribution < 1.29 is 14.3 Å². The fourth-order valence-corrected chi connectivity index (χ4v) is 2.04. The Hall–Kier alpha value is -1.32. The van der Waals surface area contributed by atoms with Gasteiger partial charge in [0, 0.05) is 12.6 Å². The van der Waals surface area contributed by atoms with Crippen LogP contribution in [0.3, 0.4) is 0 Å². The van der Waals surface area contributed by atoms with Gasteiger partial charge in [-0.1, -0.05) is 6.08 Å². The summed E-state index contributed by atoms with van der Waals surface area (Å²) in [6.07, 6.45) is 4.54. The number of hydrogen-bond acceptors (Lipinski definition) is 3. The van der Waals surface area contributed by atoms with Crippen LogP contribution < -0.4 is 0 Å². The lowest BCUT2D eigenvalue weighted by atomic mass is 10.2. The third-order valence-corrected chi connectivity index (χ3v) is 3.21. The Morgan fingerprint density at radius 1 is 1.44 bits per heavy atom. The van der Waals surface area contributed by atoms with Gasteiger partial charge >= 0.3 is 5.97 Å². The molecule has 1 amide bonds. The molecule has 0 aromatic heterocycles. The number of methoxy groups -OCH3 is 1. The van der Waals surface area contributed by atoms with Gasteiger partial charge in [0.05, 0.1) is 18.9 Å². The zero-order chi connectivity index (χ0) is 11.7. The van der Waals surface area contributed by atoms with Crippen molar-refractivity contribution in [2.45, 2.75) is 25.3 Å². The monoisotopic (exact) mass is 223 g/mol. The molecule has 88 valence electrons. The summed E-state index contributed by atoms with van der Waals surface area (Å²) in [6, 6.07) is 0.379. The van der Waals surface area contributed by atoms with E-state index >= 15 is 0 Å². The first-order valence-corrected chi connectivity index (χ1v) is 5.68. The molecule has 2 fully saturated rings. The minimum absolute atomic E-state index is 0.0952. The van der Waals surface area contributed by atoms with Gasteiger partial charge < -0.3 is 9.64 Å². The Kier molecular flexibility index (Phi) is 2.99. The van der Waals surface area contributed by atoms with Crippen molar-refractivity contribution in [1.29, 1.82) is 0 Å². The van der Waals surface area contributed by atoms with Gasteiger partial charge in [-0.15, -0.1) is 6.58 Å². The third-order valence-electron chi connectivity index (χ3n) is 3.21. The summed E-state index contributed by atoms with van der Waals surface area (Å²) in [6.45, 7) is 4.25. The highest BCUT2D eigenvalue weighted by Crippen LogP contribution is 2.42. The molecule has 4 nitrogen and oxygen atoms in total. The molecule has 2 saturated carbocycles. The van der Waals surface area contributed by atoms with Crippen LogP contribution in [0.1, 0.15) is 19.3 Å². The van der Waals surface area contributed by atoms with E-state index in [4.69, 9.17) is 0 Å². The van der Waals surface area contributed by atoms with Crippen molar-refractivity contribution in [2.24, 2.45) is 11.8 Å². The largest absolute Gasteiger partial charge is 0.469 e. The van der Waals surface area contributed by atoms with Gasteiger partial charge in [0.25, 0.3) is 0 Å². The molecule has 2 aliphatic rings. The smallest absolute Gasteiger partial charge is 0.309 e. The Bertz CT molecular complexity index is 322. The van der Waals surface area contributed by atoms with Gasteiger partial charge in [0.1, 0.15) is 0 Å². The van der Waals surface area contributed by atoms with Crippen molar-refractivity contribution >= 4 is 11.9 Å². The Labute approximate surface area is 95.2 Å². The second-order valence-corrected chi connectivity index (χ2v) is 4.48. The predicted molar refractivity (Wildman–Crippen MR) is 58.5 cm³/mol. The minimum Gasteiger partial charge on any atom is -0.469 e. The molecule has 0 aromatic carbocycles. The molecule has 16 heavy (non-hydrogen) atoms. The van der Waals surface area contributed by atoms with Crippen LogP contribution in [0.4, 0.5) is 0 Å². The summed E-state index contributed by atoms with van der Waals surface area (Å²) in [7, 11) is 1.37. The van der Waals surface area contributed by atoms with Gasteiger partial charge in [0.2, 0.25) is 5.91 Å². The maximum absolute atomic E-state index is 12.1. The number of carbonyl (C=O) groups is 2. The van der Waals surface area contributed by atoms with E-state index in [9.17, 15) is 9.59 Å². The molecule has 0 saturated heterocycles. The summed E-state index contributed by atoms with van der Waals surface area (Å²) < 4.78 is 4.64. The molecular weight excluding hydrogens is 206 g/mol. The number of ether oxygens (including phenoxy) is 1. The van der Waals surface area contributed by atoms with Gasteiger partial charge in [-0.3, -0.25) is 9.59 Å². The Balaban J connectivity index is 1.92. The topological polar surface area (TPSA) is 46.6 Å². The van der Waals surface area contributed by atoms with E-state index in [0.717, 1.165) is 12.8 Å². The number of hydrogen-bond donors (Lipinski definition) is 0. The van der Waals surface area contributed by atoms with Gasteiger partial charge in [-0.2, -0.15) is 0 Å². The van der Waals surface area contributed by atoms with Crippen molar-refractivity contribution in [2.75, 3.05) is 13.7 Å². The number of carbonyl (C=O) groups excluding carboxylic acids is 2. The normalized spacial score (nSPS) is 27.1. The van der Waals surface area contributed by atoms with E-state index < -0.39 is 0 Å². The summed E-state index contributed by atoms with van der Waals surface area (Å²) in [5.41, 5.74) is 0. The second-order valence-electron chi connectivity index (χ2n) is 4.48. The third kappa shape index (κ3) is 2.10. The zero-order valence-corrected chi connectivity index (χ0v) is 9.52. The highest BCUT2D eigenvalue weighted by molar-refractivity contribution is 5.90. The van der Waals surface area contributed by atoms with Crippen LogP contribution in [0, 0.1) is 11.8 Å². The van der Waals surface area contributed by atoms with E-state index in [1.54, 1.807) is 6.08 Å². The number of esters is 1. The molecule has 0 spiro atoms. The molecule has 0 aliphatic heterocycles. The quantitative estimate of drug-likeness (QED) is 0.515. The molecule has 0 radical (unpaired) electrons. The second kappa shape index (κ2) is 4.28. The van der Waals surface area contributed by atoms with Gasteiger partial charge in [0.15, 0.2) is 0 Å². The summed E-state index contributed by atoms with van der Waals surface area (Å²) in [5, 5.41) is 0. The lowest BCUT2D eigenvalue weighted by Crippen LogP contribution is -2.35. The number of amides is 1. The first-order chi connectivity index (χ1) is 7.69. The number of nitrogens with zero attached hydrogens (tertiary/aromatic N) is 1. The molecular formula is C12H17NO3. The van der Waals surface area contributed by atoms with Crippen molar-refractivity contribution in [3.05, 3.63) is 12.7 Å². The predicted octanol–water partition coefficient (Wildman–Crippen LogP) is 0.972. The van der Waals surface area contributed by atoms with Crippen LogP contribution in [0.5, 0.6) is 0 Å². The van der Waals surface area contributed by atoms with Gasteiger partial charge in [-0.05, 0) is 19.3 Å². The molecule has 0 bridgehead atoms. The van der Waals surface area contributed by atoms with Gasteiger partial charge in [-0.25, -0.2) is 0 Å². The fraction of sp³-hybridized carbons (Fsp3) is 0.667. The molecule has 2 unspecified atom stereocenters. The van der Waals surface area contributed by atoms with E-state index in [1.165, 1.54) is 7.11 Å². The highest BCUT2D eigenvalue weighted by Gasteiger charge is 2.51. The van der Waals surface area contributed by atoms with Crippen molar-refractivity contribution in [3.63, 3.8) is 0 Å². The first-order valence-electron chi connectivity index (χ1n) is 5.68. The summed E-state index contributed by atoms with van der Waals surface area (Å²) in [4.78, 5) is 25.2. The lowest BCUT2D eigenvalue weighted by molar-refractivity contribution is -0.144. The minimum atomic E-state index is -0.257. The Morgan fingerprint density at radius 3 is 2.62 bits per heavy atom. The van der Waals surface area contributed by atoms with Crippen LogP contribution >= 0.6 is 0 Å². The molecule has 0 N–H and O–H groups in total. The molecule has 2 aliphatic carbocycles. The maximum atomic E-state index is 12.1. The molecule has 0 aromatic rings. The van der Waals surface area contributed by atoms with Crippen LogP contribution in [-0.4, -0.2) is 36.5 Å². The lowest BCUT2D eigenvalue weighted by Gasteiger charge is -2.20. The van der Waals surface area contributed by atoms with E-state index in [1.807, 2.05) is 4.90 Å². The highest BCUT2D eigenvalue weighted by atomic mass is 16.5. The summed E-state index contributed by atoms with van der Waals surface area (Å²) >= 11 is 0. The van der Waals surface area contributed by atoms with Crippen LogP contribution in [0.15, 0.2) is 12.7 Å². The average molecular weight is 223 g/mol. The Morgan fingerprint density at radius 2 is 2.12 bits per heavy atom. The fourth-order valence-electron chi connectivity index (χ4n) is 2.04. The van der Waals surface area contributed by atoms with E-state index in [0.29, 0.717) is 19.0 Å². The molecule has 2 atom stereocenters. The maximum Gasteiger partial charge on any atom is 0.309 e. The number of rotatable bonds is 5. The average Bonchev–Trinajstić information content (AvgIpc) is 3.16. The summed E-state index contributed by atoms with van der Waals surface area (Å²) in [5.74, 6) is -0.512. The van der Waals surface area contributed by atoms with E-state index in [-0.39, 0.29) is 23.7 Å². The zero-order valence-electron chi connectivity index (χ0n) is 9.52. The van der Waals surface area contributed by atoms with Crippen LogP contribution in [0.25, 0.3) is 0 Å². The SMILES string of the molecule is C=CCN(C(=O)C1CC1C(=O)OC)C1CC1. The van der Waals surface area contributed by atoms with Crippen LogP contribution in [-0.2, 0) is 14.3 Å². The molecule has 2 rings (SSSR count). The molecule has 0 heterocycles. The van der Waals surface area contributed by atoms with Crippen LogP contribution in [0.2, 0.25) is 0 Å². The van der Waals surface area contributed by atoms with Crippen molar-refractivity contribution in [1.82, 2.24) is 4.90 Å². The molecule has 4 heteroatoms. The van der Waals surface area contributed by atoms with Crippen molar-refractivity contribution in [3.8, 4) is 0 Å². The first kappa shape index (κ1) is 11.2. The standard InChI is InChI=1S/C12H17NO3/c1-3-6-13(8-4-5-8)11(14)9-7-10(9)12(15)16-2/h3,8-10H,1,4-7H2,2H3.